The lowest BCUT2D eigenvalue weighted by molar-refractivity contribution is 0.289. The first kappa shape index (κ1) is 16.0. The molecule has 4 nitrogen and oxygen atoms in total. The van der Waals surface area contributed by atoms with E-state index in [0.717, 1.165) is 46.7 Å². The fourth-order valence-corrected chi connectivity index (χ4v) is 2.66. The normalized spacial score (nSPS) is 10.9. The smallest absolute Gasteiger partial charge is 0.130 e. The largest absolute Gasteiger partial charge is 0.487 e. The maximum absolute atomic E-state index is 6.01. The van der Waals surface area contributed by atoms with Crippen molar-refractivity contribution < 1.29 is 4.74 Å². The highest BCUT2D eigenvalue weighted by Crippen LogP contribution is 2.24. The summed E-state index contributed by atoms with van der Waals surface area (Å²) in [5, 5.41) is 7.72. The van der Waals surface area contributed by atoms with Gasteiger partial charge in [-0.3, -0.25) is 4.68 Å². The van der Waals surface area contributed by atoms with Crippen LogP contribution in [0, 0.1) is 0 Å². The van der Waals surface area contributed by atoms with Gasteiger partial charge in [0, 0.05) is 23.1 Å². The molecule has 0 aliphatic carbocycles. The van der Waals surface area contributed by atoms with Crippen molar-refractivity contribution in [2.45, 2.75) is 40.0 Å². The first-order valence-electron chi connectivity index (χ1n) is 7.29. The topological polar surface area (TPSA) is 39.1 Å². The molecule has 1 aromatic carbocycles. The number of rotatable bonds is 7. The van der Waals surface area contributed by atoms with Crippen LogP contribution in [0.5, 0.6) is 5.75 Å². The van der Waals surface area contributed by atoms with Gasteiger partial charge in [0.2, 0.25) is 0 Å². The van der Waals surface area contributed by atoms with Crippen molar-refractivity contribution in [3.63, 3.8) is 0 Å². The van der Waals surface area contributed by atoms with Gasteiger partial charge >= 0.3 is 0 Å². The summed E-state index contributed by atoms with van der Waals surface area (Å²) in [6, 6.07) is 8.22. The van der Waals surface area contributed by atoms with Crippen LogP contribution in [0.1, 0.15) is 30.8 Å². The van der Waals surface area contributed by atoms with Gasteiger partial charge < -0.3 is 10.1 Å². The maximum Gasteiger partial charge on any atom is 0.130 e. The third-order valence-electron chi connectivity index (χ3n) is 3.34. The second-order valence-corrected chi connectivity index (χ2v) is 5.78. The molecule has 5 heteroatoms. The molecule has 2 aromatic rings. The van der Waals surface area contributed by atoms with E-state index in [2.05, 4.69) is 52.3 Å². The van der Waals surface area contributed by atoms with Gasteiger partial charge in [-0.1, -0.05) is 22.9 Å². The van der Waals surface area contributed by atoms with Gasteiger partial charge in [-0.25, -0.2) is 0 Å². The molecular formula is C16H22BrN3O. The van der Waals surface area contributed by atoms with E-state index >= 15 is 0 Å². The highest BCUT2D eigenvalue weighted by Gasteiger charge is 2.09. The number of nitrogens with zero attached hydrogens (tertiary/aromatic N) is 2. The predicted molar refractivity (Wildman–Crippen MR) is 88.5 cm³/mol. The Labute approximate surface area is 134 Å². The molecule has 0 fully saturated rings. The summed E-state index contributed by atoms with van der Waals surface area (Å²) in [5.41, 5.74) is 3.37. The van der Waals surface area contributed by atoms with Gasteiger partial charge in [-0.2, -0.15) is 5.10 Å². The molecule has 21 heavy (non-hydrogen) atoms. The van der Waals surface area contributed by atoms with E-state index < -0.39 is 0 Å². The van der Waals surface area contributed by atoms with Crippen molar-refractivity contribution in [1.82, 2.24) is 15.1 Å². The monoisotopic (exact) mass is 351 g/mol. The van der Waals surface area contributed by atoms with Crippen LogP contribution in [0.15, 0.2) is 28.7 Å². The molecule has 0 aliphatic heterocycles. The van der Waals surface area contributed by atoms with E-state index in [4.69, 9.17) is 4.74 Å². The first-order valence-corrected chi connectivity index (χ1v) is 8.08. The van der Waals surface area contributed by atoms with E-state index in [1.54, 1.807) is 0 Å². The molecule has 0 spiro atoms. The van der Waals surface area contributed by atoms with Gasteiger partial charge in [-0.15, -0.1) is 0 Å². The standard InChI is InChI=1S/C16H22BrN3O/c1-4-14-9-15(20(5-2)19-14)11-21-16-7-6-13(17)8-12(16)10-18-3/h6-9,18H,4-5,10-11H2,1-3H3. The fourth-order valence-electron chi connectivity index (χ4n) is 2.25. The van der Waals surface area contributed by atoms with E-state index in [9.17, 15) is 0 Å². The third-order valence-corrected chi connectivity index (χ3v) is 3.83. The summed E-state index contributed by atoms with van der Waals surface area (Å²) >= 11 is 3.50. The SMILES string of the molecule is CCc1cc(COc2ccc(Br)cc2CNC)n(CC)n1. The number of aromatic nitrogens is 2. The van der Waals surface area contributed by atoms with Gasteiger partial charge in [0.1, 0.15) is 12.4 Å². The first-order chi connectivity index (χ1) is 10.2. The van der Waals surface area contributed by atoms with Gasteiger partial charge in [0.05, 0.1) is 11.4 Å². The number of hydrogen-bond donors (Lipinski definition) is 1. The lowest BCUT2D eigenvalue weighted by atomic mass is 10.2. The van der Waals surface area contributed by atoms with Crippen molar-refractivity contribution in [2.75, 3.05) is 7.05 Å². The van der Waals surface area contributed by atoms with Gasteiger partial charge in [-0.05, 0) is 44.7 Å². The molecule has 0 amide bonds. The quantitative estimate of drug-likeness (QED) is 0.829. The highest BCUT2D eigenvalue weighted by molar-refractivity contribution is 9.10. The van der Waals surface area contributed by atoms with Crippen LogP contribution < -0.4 is 10.1 Å². The number of hydrogen-bond acceptors (Lipinski definition) is 3. The minimum Gasteiger partial charge on any atom is -0.487 e. The Balaban J connectivity index is 2.14. The van der Waals surface area contributed by atoms with Crippen molar-refractivity contribution in [2.24, 2.45) is 0 Å². The minimum atomic E-state index is 0.541. The summed E-state index contributed by atoms with van der Waals surface area (Å²) < 4.78 is 9.08. The second kappa shape index (κ2) is 7.61. The molecule has 1 heterocycles. The van der Waals surface area contributed by atoms with Crippen LogP contribution in [0.3, 0.4) is 0 Å². The Morgan fingerprint density at radius 1 is 1.29 bits per heavy atom. The zero-order chi connectivity index (χ0) is 15.2. The summed E-state index contributed by atoms with van der Waals surface area (Å²) in [6.07, 6.45) is 0.948. The molecule has 0 unspecified atom stereocenters. The average molecular weight is 352 g/mol. The van der Waals surface area contributed by atoms with Crippen molar-refractivity contribution in [3.05, 3.63) is 45.7 Å². The Morgan fingerprint density at radius 2 is 2.10 bits per heavy atom. The summed E-state index contributed by atoms with van der Waals surface area (Å²) in [5.74, 6) is 0.912. The number of nitrogens with one attached hydrogen (secondary N) is 1. The molecule has 0 atom stereocenters. The summed E-state index contributed by atoms with van der Waals surface area (Å²) in [6.45, 7) is 6.40. The third kappa shape index (κ3) is 4.08. The van der Waals surface area contributed by atoms with Crippen molar-refractivity contribution in [1.29, 1.82) is 0 Å². The van der Waals surface area contributed by atoms with E-state index in [-0.39, 0.29) is 0 Å². The van der Waals surface area contributed by atoms with Crippen molar-refractivity contribution >= 4 is 15.9 Å². The van der Waals surface area contributed by atoms with Crippen LogP contribution in [-0.4, -0.2) is 16.8 Å². The molecule has 0 radical (unpaired) electrons. The second-order valence-electron chi connectivity index (χ2n) is 4.87. The number of halogens is 1. The molecule has 114 valence electrons. The number of benzene rings is 1. The Hall–Kier alpha value is -1.33. The molecule has 0 bridgehead atoms. The lowest BCUT2D eigenvalue weighted by Crippen LogP contribution is -2.09. The number of ether oxygens (including phenoxy) is 1. The van der Waals surface area contributed by atoms with Crippen LogP contribution in [0.25, 0.3) is 0 Å². The fraction of sp³-hybridized carbons (Fsp3) is 0.438. The van der Waals surface area contributed by atoms with Crippen LogP contribution in [-0.2, 0) is 26.1 Å². The van der Waals surface area contributed by atoms with Gasteiger partial charge in [0.15, 0.2) is 0 Å². The molecule has 1 N–H and O–H groups in total. The van der Waals surface area contributed by atoms with Gasteiger partial charge in [0.25, 0.3) is 0 Å². The molecule has 0 saturated heterocycles. The van der Waals surface area contributed by atoms with Crippen LogP contribution >= 0.6 is 15.9 Å². The zero-order valence-corrected chi connectivity index (χ0v) is 14.4. The minimum absolute atomic E-state index is 0.541. The Bertz CT molecular complexity index is 595. The average Bonchev–Trinajstić information content (AvgIpc) is 2.89. The van der Waals surface area contributed by atoms with E-state index in [1.807, 2.05) is 23.9 Å². The zero-order valence-electron chi connectivity index (χ0n) is 12.8. The maximum atomic E-state index is 6.01. The van der Waals surface area contributed by atoms with Crippen LogP contribution in [0.4, 0.5) is 0 Å². The van der Waals surface area contributed by atoms with E-state index in [1.165, 1.54) is 0 Å². The molecule has 2 rings (SSSR count). The van der Waals surface area contributed by atoms with E-state index in [0.29, 0.717) is 6.61 Å². The lowest BCUT2D eigenvalue weighted by Gasteiger charge is -2.12. The molecule has 1 aromatic heterocycles. The van der Waals surface area contributed by atoms with Crippen LogP contribution in [0.2, 0.25) is 0 Å². The van der Waals surface area contributed by atoms with Crippen molar-refractivity contribution in [3.8, 4) is 5.75 Å². The highest BCUT2D eigenvalue weighted by atomic mass is 79.9. The summed E-state index contributed by atoms with van der Waals surface area (Å²) in [4.78, 5) is 0. The molecule has 0 saturated carbocycles. The number of aryl methyl sites for hydroxylation is 2. The molecule has 0 aliphatic rings. The Morgan fingerprint density at radius 3 is 2.76 bits per heavy atom. The summed E-state index contributed by atoms with van der Waals surface area (Å²) in [7, 11) is 1.93. The Kier molecular flexibility index (Phi) is 5.82. The molecular weight excluding hydrogens is 330 g/mol. The predicted octanol–water partition coefficient (Wildman–Crippen LogP) is 3.53.